The minimum Gasteiger partial charge on any atom is -0.465 e. The zero-order chi connectivity index (χ0) is 13.1. The summed E-state index contributed by atoms with van der Waals surface area (Å²) >= 11 is 0. The average molecular weight is 262 g/mol. The summed E-state index contributed by atoms with van der Waals surface area (Å²) in [6.45, 7) is -0.0502. The van der Waals surface area contributed by atoms with Crippen molar-refractivity contribution in [3.63, 3.8) is 0 Å². The molecule has 0 bridgehead atoms. The van der Waals surface area contributed by atoms with Crippen molar-refractivity contribution in [2.75, 3.05) is 11.0 Å². The molecular formula is C9H11FN2O4S. The van der Waals surface area contributed by atoms with Crippen LogP contribution in [0.3, 0.4) is 0 Å². The van der Waals surface area contributed by atoms with Crippen LogP contribution in [0.15, 0.2) is 18.2 Å². The first-order valence-corrected chi connectivity index (χ1v) is 6.40. The molecule has 3 N–H and O–H groups in total. The van der Waals surface area contributed by atoms with E-state index < -0.39 is 21.9 Å². The average Bonchev–Trinajstić information content (AvgIpc) is 2.17. The van der Waals surface area contributed by atoms with Crippen LogP contribution in [0, 0.1) is 5.82 Å². The fraction of sp³-hybridized carbons (Fsp3) is 0.222. The van der Waals surface area contributed by atoms with Gasteiger partial charge in [-0.25, -0.2) is 17.6 Å². The molecule has 0 fully saturated rings. The molecule has 0 unspecified atom stereocenters. The number of carbonyl (C=O) groups is 1. The maximum Gasteiger partial charge on any atom is 0.404 e. The second-order valence-electron chi connectivity index (χ2n) is 3.35. The Labute approximate surface area is 97.5 Å². The topological polar surface area (TPSA) is 95.5 Å². The monoisotopic (exact) mass is 262 g/mol. The van der Waals surface area contributed by atoms with Gasteiger partial charge in [0.2, 0.25) is 10.0 Å². The van der Waals surface area contributed by atoms with Gasteiger partial charge >= 0.3 is 6.09 Å². The Hall–Kier alpha value is -1.83. The van der Waals surface area contributed by atoms with E-state index in [2.05, 4.69) is 5.32 Å². The molecule has 1 rings (SSSR count). The molecule has 8 heteroatoms. The molecule has 0 saturated carbocycles. The van der Waals surface area contributed by atoms with Crippen LogP contribution in [0.25, 0.3) is 0 Å². The van der Waals surface area contributed by atoms with Crippen LogP contribution in [0.4, 0.5) is 14.9 Å². The van der Waals surface area contributed by atoms with Crippen LogP contribution in [-0.2, 0) is 16.6 Å². The smallest absolute Gasteiger partial charge is 0.404 e. The predicted octanol–water partition coefficient (Wildman–Crippen LogP) is 0.965. The van der Waals surface area contributed by atoms with Gasteiger partial charge in [0.1, 0.15) is 5.82 Å². The fourth-order valence-electron chi connectivity index (χ4n) is 1.13. The largest absolute Gasteiger partial charge is 0.465 e. The van der Waals surface area contributed by atoms with E-state index >= 15 is 0 Å². The Morgan fingerprint density at radius 1 is 1.47 bits per heavy atom. The van der Waals surface area contributed by atoms with Gasteiger partial charge in [-0.3, -0.25) is 4.72 Å². The summed E-state index contributed by atoms with van der Waals surface area (Å²) in [7, 11) is -3.54. The van der Waals surface area contributed by atoms with E-state index in [9.17, 15) is 17.6 Å². The van der Waals surface area contributed by atoms with E-state index in [0.717, 1.165) is 12.3 Å². The standard InChI is InChI=1S/C9H11FN2O4S/c1-17(15,16)12-8-3-2-6(4-7(8)10)5-11-9(13)14/h2-4,11-12H,5H2,1H3,(H,13,14). The van der Waals surface area contributed by atoms with Crippen LogP contribution < -0.4 is 10.0 Å². The molecule has 6 nitrogen and oxygen atoms in total. The van der Waals surface area contributed by atoms with Gasteiger partial charge in [0, 0.05) is 6.54 Å². The zero-order valence-corrected chi connectivity index (χ0v) is 9.71. The highest BCUT2D eigenvalue weighted by molar-refractivity contribution is 7.92. The summed E-state index contributed by atoms with van der Waals surface area (Å²) in [4.78, 5) is 10.2. The normalized spacial score (nSPS) is 10.9. The second-order valence-corrected chi connectivity index (χ2v) is 5.10. The van der Waals surface area contributed by atoms with Crippen molar-refractivity contribution in [1.82, 2.24) is 5.32 Å². The number of hydrogen-bond donors (Lipinski definition) is 3. The number of halogens is 1. The lowest BCUT2D eigenvalue weighted by molar-refractivity contribution is 0.194. The first-order chi connectivity index (χ1) is 7.78. The Balaban J connectivity index is 2.83. The Morgan fingerprint density at radius 3 is 2.59 bits per heavy atom. The minimum atomic E-state index is -3.54. The van der Waals surface area contributed by atoms with E-state index in [-0.39, 0.29) is 12.2 Å². The Morgan fingerprint density at radius 2 is 2.12 bits per heavy atom. The Bertz CT molecular complexity index is 530. The minimum absolute atomic E-state index is 0.0502. The number of hydrogen-bond acceptors (Lipinski definition) is 3. The highest BCUT2D eigenvalue weighted by Crippen LogP contribution is 2.16. The molecule has 0 radical (unpaired) electrons. The number of rotatable bonds is 4. The summed E-state index contributed by atoms with van der Waals surface area (Å²) in [5, 5.41) is 10.4. The summed E-state index contributed by atoms with van der Waals surface area (Å²) in [6.07, 6.45) is -0.310. The van der Waals surface area contributed by atoms with Crippen molar-refractivity contribution in [3.8, 4) is 0 Å². The summed E-state index contributed by atoms with van der Waals surface area (Å²) < 4.78 is 37.2. The first kappa shape index (κ1) is 13.2. The molecule has 0 aliphatic rings. The second kappa shape index (κ2) is 5.00. The van der Waals surface area contributed by atoms with Crippen LogP contribution in [0.1, 0.15) is 5.56 Å². The third-order valence-electron chi connectivity index (χ3n) is 1.77. The lowest BCUT2D eigenvalue weighted by Gasteiger charge is -2.07. The third-order valence-corrected chi connectivity index (χ3v) is 2.36. The van der Waals surface area contributed by atoms with Crippen LogP contribution >= 0.6 is 0 Å². The zero-order valence-electron chi connectivity index (χ0n) is 8.90. The molecule has 0 aromatic heterocycles. The molecular weight excluding hydrogens is 251 g/mol. The lowest BCUT2D eigenvalue weighted by Crippen LogP contribution is -2.20. The molecule has 0 aliphatic heterocycles. The molecule has 0 spiro atoms. The summed E-state index contributed by atoms with van der Waals surface area (Å²) in [6, 6.07) is 3.71. The molecule has 1 aromatic rings. The molecule has 1 aromatic carbocycles. The lowest BCUT2D eigenvalue weighted by atomic mass is 10.2. The number of benzene rings is 1. The predicted molar refractivity (Wildman–Crippen MR) is 59.7 cm³/mol. The van der Waals surface area contributed by atoms with E-state index in [1.165, 1.54) is 12.1 Å². The molecule has 0 saturated heterocycles. The van der Waals surface area contributed by atoms with Crippen molar-refractivity contribution in [2.45, 2.75) is 6.54 Å². The first-order valence-electron chi connectivity index (χ1n) is 4.51. The van der Waals surface area contributed by atoms with Gasteiger partial charge in [-0.2, -0.15) is 0 Å². The molecule has 0 atom stereocenters. The van der Waals surface area contributed by atoms with Crippen LogP contribution in [0.5, 0.6) is 0 Å². The number of nitrogens with one attached hydrogen (secondary N) is 2. The van der Waals surface area contributed by atoms with Crippen LogP contribution in [0.2, 0.25) is 0 Å². The van der Waals surface area contributed by atoms with Crippen molar-refractivity contribution < 1.29 is 22.7 Å². The van der Waals surface area contributed by atoms with Crippen molar-refractivity contribution in [3.05, 3.63) is 29.6 Å². The number of amides is 1. The van der Waals surface area contributed by atoms with E-state index in [0.29, 0.717) is 5.56 Å². The van der Waals surface area contributed by atoms with Gasteiger partial charge in [-0.05, 0) is 17.7 Å². The molecule has 17 heavy (non-hydrogen) atoms. The van der Waals surface area contributed by atoms with Crippen LogP contribution in [-0.4, -0.2) is 25.9 Å². The maximum absolute atomic E-state index is 13.4. The van der Waals surface area contributed by atoms with E-state index in [4.69, 9.17) is 5.11 Å². The fourth-order valence-corrected chi connectivity index (χ4v) is 1.69. The highest BCUT2D eigenvalue weighted by atomic mass is 32.2. The van der Waals surface area contributed by atoms with Gasteiger partial charge in [0.25, 0.3) is 0 Å². The quantitative estimate of drug-likeness (QED) is 0.753. The van der Waals surface area contributed by atoms with E-state index in [1.807, 2.05) is 4.72 Å². The molecule has 0 heterocycles. The molecule has 0 aliphatic carbocycles. The van der Waals surface area contributed by atoms with E-state index in [1.54, 1.807) is 0 Å². The van der Waals surface area contributed by atoms with Gasteiger partial charge in [0.15, 0.2) is 0 Å². The molecule has 1 amide bonds. The number of anilines is 1. The molecule has 94 valence electrons. The summed E-state index contributed by atoms with van der Waals surface area (Å²) in [5.41, 5.74) is 0.218. The Kier molecular flexibility index (Phi) is 3.89. The maximum atomic E-state index is 13.4. The van der Waals surface area contributed by atoms with Crippen molar-refractivity contribution in [1.29, 1.82) is 0 Å². The number of sulfonamides is 1. The van der Waals surface area contributed by atoms with Crippen molar-refractivity contribution >= 4 is 21.8 Å². The van der Waals surface area contributed by atoms with Gasteiger partial charge in [-0.15, -0.1) is 0 Å². The van der Waals surface area contributed by atoms with Gasteiger partial charge in [0.05, 0.1) is 11.9 Å². The summed E-state index contributed by atoms with van der Waals surface area (Å²) in [5.74, 6) is -0.764. The van der Waals surface area contributed by atoms with Crippen molar-refractivity contribution in [2.24, 2.45) is 0 Å². The number of carboxylic acid groups (broad SMARTS) is 1. The third kappa shape index (κ3) is 4.68. The highest BCUT2D eigenvalue weighted by Gasteiger charge is 2.08. The SMILES string of the molecule is CS(=O)(=O)Nc1ccc(CNC(=O)O)cc1F. The van der Waals surface area contributed by atoms with Gasteiger partial charge < -0.3 is 10.4 Å². The van der Waals surface area contributed by atoms with Gasteiger partial charge in [-0.1, -0.05) is 6.07 Å².